The van der Waals surface area contributed by atoms with E-state index in [1.54, 1.807) is 0 Å². The SMILES string of the molecule is CCc1ccc(NC2=Nc3ccccc3N3C2=Nc2c(c(C)nn2-c2ccccc2)C3c2cccc(Cl)c2)cc1. The number of aromatic nitrogens is 2. The lowest BCUT2D eigenvalue weighted by atomic mass is 9.93. The lowest BCUT2D eigenvalue weighted by Crippen LogP contribution is -2.46. The van der Waals surface area contributed by atoms with Gasteiger partial charge in [0.05, 0.1) is 28.8 Å². The first-order chi connectivity index (χ1) is 19.6. The molecule has 0 saturated carbocycles. The van der Waals surface area contributed by atoms with Crippen LogP contribution < -0.4 is 10.2 Å². The van der Waals surface area contributed by atoms with Gasteiger partial charge in [0.1, 0.15) is 0 Å². The van der Waals surface area contributed by atoms with E-state index in [2.05, 4.69) is 60.5 Å². The molecular weight excluding hydrogens is 516 g/mol. The molecule has 1 aromatic heterocycles. The summed E-state index contributed by atoms with van der Waals surface area (Å²) in [5.41, 5.74) is 8.05. The molecule has 0 fully saturated rings. The lowest BCUT2D eigenvalue weighted by molar-refractivity contribution is 0.815. The number of hydrogen-bond donors (Lipinski definition) is 1. The van der Waals surface area contributed by atoms with Crippen molar-refractivity contribution in [2.45, 2.75) is 26.3 Å². The normalized spacial score (nSPS) is 15.5. The van der Waals surface area contributed by atoms with Crippen molar-refractivity contribution in [1.82, 2.24) is 9.78 Å². The topological polar surface area (TPSA) is 57.8 Å². The molecule has 0 amide bonds. The first-order valence-electron chi connectivity index (χ1n) is 13.4. The molecule has 5 aromatic rings. The van der Waals surface area contributed by atoms with E-state index in [0.717, 1.165) is 57.6 Å². The second-order valence-electron chi connectivity index (χ2n) is 9.96. The maximum Gasteiger partial charge on any atom is 0.179 e. The smallest absolute Gasteiger partial charge is 0.179 e. The van der Waals surface area contributed by atoms with Crippen LogP contribution >= 0.6 is 11.6 Å². The molecule has 0 spiro atoms. The first-order valence-corrected chi connectivity index (χ1v) is 13.8. The Morgan fingerprint density at radius 2 is 1.62 bits per heavy atom. The summed E-state index contributed by atoms with van der Waals surface area (Å²) in [6.07, 6.45) is 0.988. The van der Waals surface area contributed by atoms with Crippen LogP contribution in [0.1, 0.15) is 35.3 Å². The average Bonchev–Trinajstić information content (AvgIpc) is 3.33. The number of nitrogens with one attached hydrogen (secondary N) is 1. The second-order valence-corrected chi connectivity index (χ2v) is 10.4. The Hall–Kier alpha value is -4.68. The number of aliphatic imine (C=N–C) groups is 2. The van der Waals surface area contributed by atoms with Crippen LogP contribution in [0.4, 0.5) is 22.9 Å². The van der Waals surface area contributed by atoms with Crippen LogP contribution in [-0.4, -0.2) is 21.5 Å². The first kappa shape index (κ1) is 24.4. The van der Waals surface area contributed by atoms with Gasteiger partial charge in [0, 0.05) is 16.3 Å². The quantitative estimate of drug-likeness (QED) is 0.249. The average molecular weight is 543 g/mol. The van der Waals surface area contributed by atoms with Crippen molar-refractivity contribution in [3.63, 3.8) is 0 Å². The second kappa shape index (κ2) is 9.81. The number of halogens is 1. The van der Waals surface area contributed by atoms with Gasteiger partial charge >= 0.3 is 0 Å². The van der Waals surface area contributed by atoms with Crippen LogP contribution in [0.2, 0.25) is 5.02 Å². The predicted octanol–water partition coefficient (Wildman–Crippen LogP) is 8.19. The molecule has 6 nitrogen and oxygen atoms in total. The Labute approximate surface area is 238 Å². The number of aryl methyl sites for hydroxylation is 2. The molecule has 0 bridgehead atoms. The Bertz CT molecular complexity index is 1790. The monoisotopic (exact) mass is 542 g/mol. The van der Waals surface area contributed by atoms with E-state index in [1.165, 1.54) is 5.56 Å². The highest BCUT2D eigenvalue weighted by Gasteiger charge is 2.41. The summed E-state index contributed by atoms with van der Waals surface area (Å²) in [5.74, 6) is 2.20. The molecule has 2 aliphatic heterocycles. The highest BCUT2D eigenvalue weighted by molar-refractivity contribution is 6.51. The van der Waals surface area contributed by atoms with Crippen LogP contribution in [0.5, 0.6) is 0 Å². The molecule has 7 rings (SSSR count). The van der Waals surface area contributed by atoms with Crippen LogP contribution in [0.25, 0.3) is 5.69 Å². The summed E-state index contributed by atoms with van der Waals surface area (Å²) in [5, 5.41) is 9.25. The van der Waals surface area contributed by atoms with Crippen LogP contribution in [-0.2, 0) is 6.42 Å². The number of hydrogen-bond acceptors (Lipinski definition) is 5. The number of fused-ring (bicyclic) bond motifs is 4. The number of rotatable bonds is 4. The van der Waals surface area contributed by atoms with E-state index >= 15 is 0 Å². The molecular formula is C33H27ClN6. The molecule has 0 saturated heterocycles. The molecule has 0 radical (unpaired) electrons. The van der Waals surface area contributed by atoms with E-state index in [9.17, 15) is 0 Å². The van der Waals surface area contributed by atoms with Crippen LogP contribution in [0.15, 0.2) is 113 Å². The predicted molar refractivity (Wildman–Crippen MR) is 164 cm³/mol. The van der Waals surface area contributed by atoms with E-state index in [-0.39, 0.29) is 6.04 Å². The fourth-order valence-electron chi connectivity index (χ4n) is 5.50. The van der Waals surface area contributed by atoms with Gasteiger partial charge in [-0.2, -0.15) is 5.10 Å². The summed E-state index contributed by atoms with van der Waals surface area (Å²) >= 11 is 6.56. The summed E-state index contributed by atoms with van der Waals surface area (Å²) in [6.45, 7) is 4.21. The molecule has 1 N–H and O–H groups in total. The van der Waals surface area contributed by atoms with Gasteiger partial charge in [-0.15, -0.1) is 0 Å². The third-order valence-corrected chi connectivity index (χ3v) is 7.66. The number of benzene rings is 4. The number of anilines is 2. The third-order valence-electron chi connectivity index (χ3n) is 7.43. The zero-order valence-corrected chi connectivity index (χ0v) is 23.0. The summed E-state index contributed by atoms with van der Waals surface area (Å²) < 4.78 is 1.93. The highest BCUT2D eigenvalue weighted by atomic mass is 35.5. The van der Waals surface area contributed by atoms with E-state index in [0.29, 0.717) is 10.9 Å². The van der Waals surface area contributed by atoms with Gasteiger partial charge < -0.3 is 10.2 Å². The van der Waals surface area contributed by atoms with E-state index < -0.39 is 0 Å². The number of nitrogens with zero attached hydrogens (tertiary/aromatic N) is 5. The molecule has 1 atom stereocenters. The molecule has 4 aromatic carbocycles. The lowest BCUT2D eigenvalue weighted by Gasteiger charge is -2.40. The minimum atomic E-state index is -0.213. The number of para-hydroxylation sites is 3. The van der Waals surface area contributed by atoms with Crippen LogP contribution in [0, 0.1) is 6.92 Å². The van der Waals surface area contributed by atoms with Crippen LogP contribution in [0.3, 0.4) is 0 Å². The third kappa shape index (κ3) is 4.08. The largest absolute Gasteiger partial charge is 0.337 e. The molecule has 40 heavy (non-hydrogen) atoms. The molecule has 196 valence electrons. The Morgan fingerprint density at radius 1 is 0.850 bits per heavy atom. The minimum Gasteiger partial charge on any atom is -0.337 e. The fourth-order valence-corrected chi connectivity index (χ4v) is 5.70. The zero-order chi connectivity index (χ0) is 27.2. The van der Waals surface area contributed by atoms with Crippen molar-refractivity contribution in [3.8, 4) is 5.69 Å². The number of amidine groups is 2. The van der Waals surface area contributed by atoms with Gasteiger partial charge in [0.2, 0.25) is 0 Å². The van der Waals surface area contributed by atoms with Crippen molar-refractivity contribution < 1.29 is 0 Å². The van der Waals surface area contributed by atoms with Gasteiger partial charge in [-0.3, -0.25) is 0 Å². The Kier molecular flexibility index (Phi) is 5.98. The van der Waals surface area contributed by atoms with Crippen molar-refractivity contribution in [1.29, 1.82) is 0 Å². The minimum absolute atomic E-state index is 0.213. The molecule has 3 heterocycles. The van der Waals surface area contributed by atoms with Crippen molar-refractivity contribution >= 4 is 46.2 Å². The summed E-state index contributed by atoms with van der Waals surface area (Å²) in [6, 6.07) is 34.6. The van der Waals surface area contributed by atoms with Crippen molar-refractivity contribution in [2.75, 3.05) is 10.2 Å². The van der Waals surface area contributed by atoms with Gasteiger partial charge in [0.25, 0.3) is 0 Å². The van der Waals surface area contributed by atoms with Crippen molar-refractivity contribution in [2.24, 2.45) is 9.98 Å². The van der Waals surface area contributed by atoms with Gasteiger partial charge in [0.15, 0.2) is 17.5 Å². The molecule has 1 unspecified atom stereocenters. The Morgan fingerprint density at radius 3 is 2.40 bits per heavy atom. The zero-order valence-electron chi connectivity index (χ0n) is 22.2. The standard InChI is InChI=1S/C33H27ClN6/c1-3-22-16-18-25(19-17-22)35-31-33-37-32-29(21(2)38-40(32)26-12-5-4-6-13-26)30(23-10-9-11-24(34)20-23)39(33)28-15-8-7-14-27(28)36-31/h4-20,30H,3H2,1-2H3,(H,35,36). The molecule has 2 aliphatic rings. The fraction of sp³-hybridized carbons (Fsp3) is 0.121. The summed E-state index contributed by atoms with van der Waals surface area (Å²) in [4.78, 5) is 12.6. The Balaban J connectivity index is 1.48. The van der Waals surface area contributed by atoms with E-state index in [1.807, 2.05) is 71.4 Å². The van der Waals surface area contributed by atoms with Gasteiger partial charge in [-0.25, -0.2) is 14.7 Å². The van der Waals surface area contributed by atoms with Crippen molar-refractivity contribution in [3.05, 3.63) is 131 Å². The molecule has 7 heteroatoms. The highest BCUT2D eigenvalue weighted by Crippen LogP contribution is 2.48. The van der Waals surface area contributed by atoms with Gasteiger partial charge in [-0.1, -0.05) is 73.1 Å². The van der Waals surface area contributed by atoms with Gasteiger partial charge in [-0.05, 0) is 73.0 Å². The maximum absolute atomic E-state index is 6.56. The maximum atomic E-state index is 6.56. The van der Waals surface area contributed by atoms with E-state index in [4.69, 9.17) is 26.7 Å². The molecule has 0 aliphatic carbocycles. The summed E-state index contributed by atoms with van der Waals surface area (Å²) in [7, 11) is 0.